The van der Waals surface area contributed by atoms with Crippen molar-refractivity contribution in [1.29, 1.82) is 0 Å². The van der Waals surface area contributed by atoms with Crippen LogP contribution < -0.4 is 0 Å². The molecule has 15 heavy (non-hydrogen) atoms. The molecule has 0 saturated carbocycles. The lowest BCUT2D eigenvalue weighted by Crippen LogP contribution is -2.26. The summed E-state index contributed by atoms with van der Waals surface area (Å²) in [6, 6.07) is 2.91. The fraction of sp³-hybridized carbons (Fsp3) is 0.444. The van der Waals surface area contributed by atoms with Crippen molar-refractivity contribution in [3.05, 3.63) is 27.1 Å². The Kier molecular flexibility index (Phi) is 2.68. The van der Waals surface area contributed by atoms with E-state index in [0.717, 1.165) is 37.3 Å². The largest absolute Gasteiger partial charge is 0.338 e. The molecular weight excluding hydrogens is 216 g/mol. The fourth-order valence-electron chi connectivity index (χ4n) is 1.62. The smallest absolute Gasteiger partial charge is 0.324 e. The van der Waals surface area contributed by atoms with Crippen LogP contribution in [0.5, 0.6) is 0 Å². The van der Waals surface area contributed by atoms with Crippen molar-refractivity contribution in [2.75, 3.05) is 13.1 Å². The highest BCUT2D eigenvalue weighted by molar-refractivity contribution is 7.17. The van der Waals surface area contributed by atoms with Gasteiger partial charge in [0.05, 0.1) is 9.80 Å². The van der Waals surface area contributed by atoms with E-state index in [9.17, 15) is 14.9 Å². The Morgan fingerprint density at radius 3 is 2.60 bits per heavy atom. The van der Waals surface area contributed by atoms with Gasteiger partial charge in [-0.25, -0.2) is 0 Å². The molecule has 1 amide bonds. The third-order valence-electron chi connectivity index (χ3n) is 2.38. The average molecular weight is 226 g/mol. The van der Waals surface area contributed by atoms with Crippen LogP contribution in [0.1, 0.15) is 22.5 Å². The van der Waals surface area contributed by atoms with E-state index in [1.165, 1.54) is 12.1 Å². The van der Waals surface area contributed by atoms with E-state index in [2.05, 4.69) is 0 Å². The molecule has 0 unspecified atom stereocenters. The molecule has 0 bridgehead atoms. The van der Waals surface area contributed by atoms with Gasteiger partial charge < -0.3 is 4.90 Å². The van der Waals surface area contributed by atoms with Gasteiger partial charge in [0.15, 0.2) is 0 Å². The van der Waals surface area contributed by atoms with E-state index < -0.39 is 4.92 Å². The summed E-state index contributed by atoms with van der Waals surface area (Å²) in [4.78, 5) is 24.0. The standard InChI is InChI=1S/C9H10N2O3S/c12-9(10-5-1-2-6-10)7-3-4-8(15-7)11(13)14/h3-4H,1-2,5-6H2. The van der Waals surface area contributed by atoms with Crippen molar-refractivity contribution < 1.29 is 9.72 Å². The molecule has 80 valence electrons. The Bertz CT molecular complexity index is 396. The summed E-state index contributed by atoms with van der Waals surface area (Å²) in [5.41, 5.74) is 0. The molecule has 0 aliphatic carbocycles. The molecule has 1 aliphatic rings. The normalized spacial score (nSPS) is 15.6. The summed E-state index contributed by atoms with van der Waals surface area (Å²) >= 11 is 0.946. The maximum absolute atomic E-state index is 11.8. The molecule has 0 aromatic carbocycles. The zero-order valence-corrected chi connectivity index (χ0v) is 8.83. The molecule has 6 heteroatoms. The summed E-state index contributed by atoms with van der Waals surface area (Å²) in [7, 11) is 0. The molecule has 1 saturated heterocycles. The van der Waals surface area contributed by atoms with Crippen molar-refractivity contribution in [3.63, 3.8) is 0 Å². The van der Waals surface area contributed by atoms with Crippen LogP contribution in [0, 0.1) is 10.1 Å². The van der Waals surface area contributed by atoms with Gasteiger partial charge in [0.2, 0.25) is 0 Å². The first-order valence-electron chi connectivity index (χ1n) is 4.72. The van der Waals surface area contributed by atoms with E-state index in [4.69, 9.17) is 0 Å². The lowest BCUT2D eigenvalue weighted by atomic mass is 10.4. The highest BCUT2D eigenvalue weighted by atomic mass is 32.1. The van der Waals surface area contributed by atoms with Crippen LogP contribution in [-0.4, -0.2) is 28.8 Å². The molecule has 1 aromatic heterocycles. The van der Waals surface area contributed by atoms with Gasteiger partial charge in [0, 0.05) is 19.2 Å². The van der Waals surface area contributed by atoms with E-state index in [-0.39, 0.29) is 10.9 Å². The van der Waals surface area contributed by atoms with Gasteiger partial charge in [0.25, 0.3) is 5.91 Å². The fourth-order valence-corrected chi connectivity index (χ4v) is 2.41. The lowest BCUT2D eigenvalue weighted by molar-refractivity contribution is -0.380. The topological polar surface area (TPSA) is 63.4 Å². The molecule has 2 rings (SSSR count). The number of hydrogen-bond acceptors (Lipinski definition) is 4. The number of hydrogen-bond donors (Lipinski definition) is 0. The van der Waals surface area contributed by atoms with Gasteiger partial charge in [-0.05, 0) is 18.9 Å². The summed E-state index contributed by atoms with van der Waals surface area (Å²) < 4.78 is 0. The predicted octanol–water partition coefficient (Wildman–Crippen LogP) is 1.89. The van der Waals surface area contributed by atoms with Crippen molar-refractivity contribution in [3.8, 4) is 0 Å². The minimum absolute atomic E-state index is 0.0255. The number of carbonyl (C=O) groups excluding carboxylic acids is 1. The van der Waals surface area contributed by atoms with E-state index in [1.54, 1.807) is 4.90 Å². The van der Waals surface area contributed by atoms with Gasteiger partial charge in [-0.3, -0.25) is 14.9 Å². The zero-order chi connectivity index (χ0) is 10.8. The lowest BCUT2D eigenvalue weighted by Gasteiger charge is -2.12. The van der Waals surface area contributed by atoms with E-state index in [0.29, 0.717) is 4.88 Å². The third-order valence-corrected chi connectivity index (χ3v) is 3.40. The van der Waals surface area contributed by atoms with Crippen LogP contribution >= 0.6 is 11.3 Å². The first-order valence-corrected chi connectivity index (χ1v) is 5.53. The van der Waals surface area contributed by atoms with Gasteiger partial charge in [0.1, 0.15) is 0 Å². The quantitative estimate of drug-likeness (QED) is 0.571. The second-order valence-corrected chi connectivity index (χ2v) is 4.46. The minimum Gasteiger partial charge on any atom is -0.338 e. The van der Waals surface area contributed by atoms with Crippen LogP contribution in [-0.2, 0) is 0 Å². The van der Waals surface area contributed by atoms with Gasteiger partial charge in [-0.1, -0.05) is 11.3 Å². The number of carbonyl (C=O) groups is 1. The van der Waals surface area contributed by atoms with Crippen LogP contribution in [0.25, 0.3) is 0 Å². The molecule has 5 nitrogen and oxygen atoms in total. The second-order valence-electron chi connectivity index (χ2n) is 3.39. The molecule has 0 atom stereocenters. The molecular formula is C9H10N2O3S. The van der Waals surface area contributed by atoms with Crippen molar-refractivity contribution >= 4 is 22.2 Å². The summed E-state index contributed by atoms with van der Waals surface area (Å²) in [6.07, 6.45) is 2.05. The molecule has 0 N–H and O–H groups in total. The monoisotopic (exact) mass is 226 g/mol. The van der Waals surface area contributed by atoms with Crippen LogP contribution in [0.2, 0.25) is 0 Å². The van der Waals surface area contributed by atoms with Gasteiger partial charge in [-0.15, -0.1) is 0 Å². The first-order chi connectivity index (χ1) is 7.18. The summed E-state index contributed by atoms with van der Waals surface area (Å²) in [5, 5.41) is 10.5. The number of nitrogens with zero attached hydrogens (tertiary/aromatic N) is 2. The van der Waals surface area contributed by atoms with Crippen LogP contribution in [0.3, 0.4) is 0 Å². The molecule has 0 spiro atoms. The molecule has 1 fully saturated rings. The molecule has 1 aliphatic heterocycles. The highest BCUT2D eigenvalue weighted by Crippen LogP contribution is 2.25. The molecule has 0 radical (unpaired) electrons. The Morgan fingerprint density at radius 1 is 1.40 bits per heavy atom. The van der Waals surface area contributed by atoms with E-state index in [1.807, 2.05) is 0 Å². The third kappa shape index (κ3) is 1.99. The van der Waals surface area contributed by atoms with Crippen LogP contribution in [0.4, 0.5) is 5.00 Å². The Hall–Kier alpha value is -1.43. The Balaban J connectivity index is 2.14. The maximum Gasteiger partial charge on any atom is 0.324 e. The zero-order valence-electron chi connectivity index (χ0n) is 8.01. The van der Waals surface area contributed by atoms with Crippen molar-refractivity contribution in [1.82, 2.24) is 4.90 Å². The first kappa shape index (κ1) is 10.1. The number of amides is 1. The number of likely N-dealkylation sites (tertiary alicyclic amines) is 1. The maximum atomic E-state index is 11.8. The van der Waals surface area contributed by atoms with Crippen molar-refractivity contribution in [2.24, 2.45) is 0 Å². The SMILES string of the molecule is O=C(c1ccc([N+](=O)[O-])s1)N1CCCC1. The minimum atomic E-state index is -0.467. The predicted molar refractivity (Wildman–Crippen MR) is 56.1 cm³/mol. The van der Waals surface area contributed by atoms with Gasteiger partial charge in [-0.2, -0.15) is 0 Å². The Morgan fingerprint density at radius 2 is 2.07 bits per heavy atom. The summed E-state index contributed by atoms with van der Waals surface area (Å²) in [5.74, 6) is -0.0781. The molecule has 1 aromatic rings. The molecule has 2 heterocycles. The number of thiophene rings is 1. The van der Waals surface area contributed by atoms with E-state index >= 15 is 0 Å². The Labute approximate surface area is 90.5 Å². The average Bonchev–Trinajstić information content (AvgIpc) is 2.88. The van der Waals surface area contributed by atoms with Crippen molar-refractivity contribution in [2.45, 2.75) is 12.8 Å². The number of nitro groups is 1. The summed E-state index contributed by atoms with van der Waals surface area (Å²) in [6.45, 7) is 1.54. The number of rotatable bonds is 2. The highest BCUT2D eigenvalue weighted by Gasteiger charge is 2.22. The second kappa shape index (κ2) is 3.98. The van der Waals surface area contributed by atoms with Crippen LogP contribution in [0.15, 0.2) is 12.1 Å². The van der Waals surface area contributed by atoms with Gasteiger partial charge >= 0.3 is 5.00 Å².